The Morgan fingerprint density at radius 2 is 2.45 bits per heavy atom. The number of likely N-dealkylation sites (N-methyl/N-ethyl adjacent to an activating group) is 1. The average Bonchev–Trinajstić information content (AvgIpc) is 2.48. The summed E-state index contributed by atoms with van der Waals surface area (Å²) in [7, 11) is 1.47. The van der Waals surface area contributed by atoms with Crippen LogP contribution in [0.15, 0.2) is 29.4 Å². The summed E-state index contributed by atoms with van der Waals surface area (Å²) in [6, 6.07) is 5.94. The summed E-state index contributed by atoms with van der Waals surface area (Å²) < 4.78 is 5.02. The number of nitrogens with one attached hydrogen (secondary N) is 1. The fourth-order valence-corrected chi connectivity index (χ4v) is 4.14. The first kappa shape index (κ1) is 15.3. The minimum Gasteiger partial charge on any atom is -0.468 e. The van der Waals surface area contributed by atoms with Gasteiger partial charge in [-0.2, -0.15) is 0 Å². The van der Waals surface area contributed by atoms with Gasteiger partial charge in [0.05, 0.1) is 12.1 Å². The maximum Gasteiger partial charge on any atom is 0.326 e. The Balaban J connectivity index is 2.07. The van der Waals surface area contributed by atoms with E-state index in [9.17, 15) is 4.79 Å². The van der Waals surface area contributed by atoms with Crippen LogP contribution in [0, 0.1) is 0 Å². The van der Waals surface area contributed by atoms with Crippen LogP contribution in [0.4, 0.5) is 0 Å². The molecule has 1 heterocycles. The number of hydrogen-bond acceptors (Lipinski definition) is 5. The number of nitrogens with zero attached hydrogens (tertiary/aromatic N) is 1. The predicted octanol–water partition coefficient (Wildman–Crippen LogP) is 2.64. The van der Waals surface area contributed by atoms with Crippen molar-refractivity contribution in [2.75, 3.05) is 13.7 Å². The van der Waals surface area contributed by atoms with Crippen molar-refractivity contribution in [3.63, 3.8) is 0 Å². The van der Waals surface area contributed by atoms with Crippen LogP contribution < -0.4 is 5.32 Å². The van der Waals surface area contributed by atoms with Crippen molar-refractivity contribution < 1.29 is 9.53 Å². The normalized spacial score (nSPS) is 26.2. The van der Waals surface area contributed by atoms with E-state index in [2.05, 4.69) is 10.3 Å². The summed E-state index contributed by atoms with van der Waals surface area (Å²) in [5.41, 5.74) is -0.520. The Bertz CT molecular complexity index is 437. The highest BCUT2D eigenvalue weighted by atomic mass is 32.2. The first-order chi connectivity index (χ1) is 9.70. The number of carbonyl (C=O) groups is 1. The monoisotopic (exact) mass is 294 g/mol. The van der Waals surface area contributed by atoms with E-state index in [4.69, 9.17) is 4.74 Å². The molecule has 2 atom stereocenters. The molecule has 1 aromatic rings. The Labute approximate surface area is 124 Å². The largest absolute Gasteiger partial charge is 0.468 e. The molecule has 5 heteroatoms. The molecule has 1 aliphatic rings. The second kappa shape index (κ2) is 7.09. The lowest BCUT2D eigenvalue weighted by Crippen LogP contribution is -2.55. The Morgan fingerprint density at radius 1 is 1.60 bits per heavy atom. The summed E-state index contributed by atoms with van der Waals surface area (Å²) >= 11 is 1.76. The van der Waals surface area contributed by atoms with Crippen molar-refractivity contribution in [3.05, 3.63) is 24.4 Å². The zero-order valence-corrected chi connectivity index (χ0v) is 12.9. The lowest BCUT2D eigenvalue weighted by atomic mass is 9.81. The second-order valence-electron chi connectivity index (χ2n) is 5.11. The predicted molar refractivity (Wildman–Crippen MR) is 80.8 cm³/mol. The van der Waals surface area contributed by atoms with Crippen LogP contribution in [0.1, 0.15) is 32.6 Å². The average molecular weight is 294 g/mol. The van der Waals surface area contributed by atoms with Gasteiger partial charge >= 0.3 is 5.97 Å². The molecule has 0 amide bonds. The molecular formula is C15H22N2O2S. The van der Waals surface area contributed by atoms with Gasteiger partial charge in [-0.05, 0) is 44.4 Å². The third-order valence-electron chi connectivity index (χ3n) is 3.72. The molecule has 20 heavy (non-hydrogen) atoms. The molecule has 0 spiro atoms. The van der Waals surface area contributed by atoms with Crippen molar-refractivity contribution in [3.8, 4) is 0 Å². The first-order valence-electron chi connectivity index (χ1n) is 7.11. The van der Waals surface area contributed by atoms with E-state index >= 15 is 0 Å². The minimum atomic E-state index is -0.520. The molecule has 2 rings (SSSR count). The van der Waals surface area contributed by atoms with Crippen molar-refractivity contribution in [2.24, 2.45) is 0 Å². The van der Waals surface area contributed by atoms with Gasteiger partial charge in [-0.25, -0.2) is 4.98 Å². The summed E-state index contributed by atoms with van der Waals surface area (Å²) in [5, 5.41) is 4.78. The topological polar surface area (TPSA) is 51.2 Å². The maximum atomic E-state index is 12.2. The van der Waals surface area contributed by atoms with Crippen LogP contribution in [-0.2, 0) is 9.53 Å². The number of rotatable bonds is 5. The highest BCUT2D eigenvalue weighted by Gasteiger charge is 2.43. The maximum absolute atomic E-state index is 12.2. The zero-order chi connectivity index (χ0) is 14.4. The molecule has 0 aromatic carbocycles. The first-order valence-corrected chi connectivity index (χ1v) is 7.99. The fraction of sp³-hybridized carbons (Fsp3) is 0.600. The lowest BCUT2D eigenvalue weighted by Gasteiger charge is -2.38. The molecule has 0 aliphatic heterocycles. The summed E-state index contributed by atoms with van der Waals surface area (Å²) in [5.74, 6) is -0.134. The molecule has 2 unspecified atom stereocenters. The standard InChI is InChI=1S/C15H22N2O2S/c1-3-17-15(14(18)19-2)9-6-7-12(11-15)20-13-8-4-5-10-16-13/h4-5,8,10,12,17H,3,6-7,9,11H2,1-2H3. The molecule has 0 bridgehead atoms. The quantitative estimate of drug-likeness (QED) is 0.846. The van der Waals surface area contributed by atoms with Gasteiger partial charge in [-0.15, -0.1) is 11.8 Å². The number of hydrogen-bond donors (Lipinski definition) is 1. The number of carbonyl (C=O) groups excluding carboxylic acids is 1. The minimum absolute atomic E-state index is 0.134. The molecule has 1 fully saturated rings. The highest BCUT2D eigenvalue weighted by molar-refractivity contribution is 7.99. The second-order valence-corrected chi connectivity index (χ2v) is 6.43. The van der Waals surface area contributed by atoms with Gasteiger partial charge in [0, 0.05) is 11.4 Å². The van der Waals surface area contributed by atoms with Crippen molar-refractivity contribution in [1.82, 2.24) is 10.3 Å². The SMILES string of the molecule is CCNC1(C(=O)OC)CCCC(Sc2ccccn2)C1. The smallest absolute Gasteiger partial charge is 0.326 e. The molecule has 1 aliphatic carbocycles. The van der Waals surface area contributed by atoms with E-state index in [1.165, 1.54) is 7.11 Å². The Kier molecular flexibility index (Phi) is 5.43. The van der Waals surface area contributed by atoms with Crippen LogP contribution in [0.3, 0.4) is 0 Å². The van der Waals surface area contributed by atoms with Crippen molar-refractivity contribution in [2.45, 2.75) is 48.4 Å². The molecule has 1 N–H and O–H groups in total. The van der Waals surface area contributed by atoms with Gasteiger partial charge in [-0.3, -0.25) is 4.79 Å². The van der Waals surface area contributed by atoms with Crippen LogP contribution in [0.2, 0.25) is 0 Å². The number of ether oxygens (including phenoxy) is 1. The third kappa shape index (κ3) is 3.52. The number of thioether (sulfide) groups is 1. The third-order valence-corrected chi connectivity index (χ3v) is 4.94. The number of methoxy groups -OCH3 is 1. The highest BCUT2D eigenvalue weighted by Crippen LogP contribution is 2.38. The van der Waals surface area contributed by atoms with E-state index < -0.39 is 5.54 Å². The van der Waals surface area contributed by atoms with Gasteiger partial charge in [0.2, 0.25) is 0 Å². The van der Waals surface area contributed by atoms with E-state index in [0.29, 0.717) is 5.25 Å². The molecule has 110 valence electrons. The summed E-state index contributed by atoms with van der Waals surface area (Å²) in [4.78, 5) is 16.5. The summed E-state index contributed by atoms with van der Waals surface area (Å²) in [6.07, 6.45) is 5.61. The van der Waals surface area contributed by atoms with E-state index in [1.807, 2.05) is 31.3 Å². The number of pyridine rings is 1. The molecule has 0 saturated heterocycles. The number of esters is 1. The summed E-state index contributed by atoms with van der Waals surface area (Å²) in [6.45, 7) is 2.80. The number of aromatic nitrogens is 1. The molecule has 0 radical (unpaired) electrons. The van der Waals surface area contributed by atoms with Crippen LogP contribution in [0.5, 0.6) is 0 Å². The van der Waals surface area contributed by atoms with Gasteiger partial charge < -0.3 is 10.1 Å². The van der Waals surface area contributed by atoms with E-state index in [0.717, 1.165) is 37.3 Å². The van der Waals surface area contributed by atoms with Crippen molar-refractivity contribution >= 4 is 17.7 Å². The molecule has 1 saturated carbocycles. The van der Waals surface area contributed by atoms with Crippen molar-refractivity contribution in [1.29, 1.82) is 0 Å². The lowest BCUT2D eigenvalue weighted by molar-refractivity contribution is -0.150. The zero-order valence-electron chi connectivity index (χ0n) is 12.1. The fourth-order valence-electron chi connectivity index (χ4n) is 2.86. The van der Waals surface area contributed by atoms with E-state index in [1.54, 1.807) is 11.8 Å². The molecular weight excluding hydrogens is 272 g/mol. The van der Waals surface area contributed by atoms with Crippen LogP contribution in [-0.4, -0.2) is 35.4 Å². The van der Waals surface area contributed by atoms with Gasteiger partial charge in [0.1, 0.15) is 5.54 Å². The van der Waals surface area contributed by atoms with Crippen LogP contribution >= 0.6 is 11.8 Å². The Hall–Kier alpha value is -1.07. The Morgan fingerprint density at radius 3 is 3.10 bits per heavy atom. The molecule has 4 nitrogen and oxygen atoms in total. The van der Waals surface area contributed by atoms with Gasteiger partial charge in [0.15, 0.2) is 0 Å². The van der Waals surface area contributed by atoms with Crippen LogP contribution in [0.25, 0.3) is 0 Å². The van der Waals surface area contributed by atoms with Gasteiger partial charge in [-0.1, -0.05) is 13.0 Å². The molecule has 1 aromatic heterocycles. The van der Waals surface area contributed by atoms with Gasteiger partial charge in [0.25, 0.3) is 0 Å². The van der Waals surface area contributed by atoms with E-state index in [-0.39, 0.29) is 5.97 Å².